The lowest BCUT2D eigenvalue weighted by molar-refractivity contribution is -0.122. The van der Waals surface area contributed by atoms with Crippen LogP contribution in [-0.2, 0) is 9.59 Å². The van der Waals surface area contributed by atoms with Crippen LogP contribution in [0.25, 0.3) is 0 Å². The number of carbonyl (C=O) groups excluding carboxylic acids is 3. The number of aryl methyl sites for hydroxylation is 1. The van der Waals surface area contributed by atoms with Gasteiger partial charge in [-0.05, 0) is 65.1 Å². The van der Waals surface area contributed by atoms with Crippen LogP contribution in [0, 0.1) is 18.8 Å². The van der Waals surface area contributed by atoms with Gasteiger partial charge in [-0.2, -0.15) is 0 Å². The standard InChI is InChI=1S/C32H23ClN2O3/c1-17-13-14-19(33)16-25(17)34-30(36)18-7-6-8-20(15-18)35-31(37)28-26-21-9-2-3-10-22(21)27(29(28)32(35)38)24-12-5-4-11-23(24)26/h2-16,26-29H,1H3,(H,34,36)/t26?,27?,28-,29-/m1/s1. The van der Waals surface area contributed by atoms with E-state index in [1.165, 1.54) is 4.90 Å². The van der Waals surface area contributed by atoms with Crippen molar-refractivity contribution in [3.8, 4) is 0 Å². The van der Waals surface area contributed by atoms with Crippen LogP contribution in [0.15, 0.2) is 91.0 Å². The smallest absolute Gasteiger partial charge is 0.255 e. The number of hydrogen-bond donors (Lipinski definition) is 1. The summed E-state index contributed by atoms with van der Waals surface area (Å²) in [4.78, 5) is 42.4. The highest BCUT2D eigenvalue weighted by atomic mass is 35.5. The van der Waals surface area contributed by atoms with E-state index in [2.05, 4.69) is 29.6 Å². The number of benzene rings is 4. The zero-order valence-electron chi connectivity index (χ0n) is 20.5. The molecule has 4 aromatic carbocycles. The quantitative estimate of drug-likeness (QED) is 0.324. The van der Waals surface area contributed by atoms with Gasteiger partial charge in [0.05, 0.1) is 17.5 Å². The number of halogens is 1. The van der Waals surface area contributed by atoms with Crippen LogP contribution < -0.4 is 10.2 Å². The number of nitrogens with zero attached hydrogens (tertiary/aromatic N) is 1. The molecule has 1 fully saturated rings. The van der Waals surface area contributed by atoms with E-state index in [0.29, 0.717) is 22.0 Å². The predicted molar refractivity (Wildman–Crippen MR) is 147 cm³/mol. The first-order valence-corrected chi connectivity index (χ1v) is 13.0. The van der Waals surface area contributed by atoms with E-state index in [1.807, 2.05) is 37.3 Å². The third-order valence-electron chi connectivity index (χ3n) is 8.26. The Balaban J connectivity index is 1.26. The number of hydrogen-bond acceptors (Lipinski definition) is 3. The summed E-state index contributed by atoms with van der Waals surface area (Å²) < 4.78 is 0. The molecule has 1 heterocycles. The largest absolute Gasteiger partial charge is 0.322 e. The average molecular weight is 519 g/mol. The molecule has 2 bridgehead atoms. The van der Waals surface area contributed by atoms with E-state index in [4.69, 9.17) is 11.6 Å². The van der Waals surface area contributed by atoms with Crippen LogP contribution in [0.5, 0.6) is 0 Å². The molecule has 0 aromatic heterocycles. The van der Waals surface area contributed by atoms with Crippen molar-refractivity contribution in [2.45, 2.75) is 18.8 Å². The summed E-state index contributed by atoms with van der Waals surface area (Å²) in [5, 5.41) is 3.41. The molecule has 186 valence electrons. The number of amides is 3. The fraction of sp³-hybridized carbons (Fsp3) is 0.156. The Morgan fingerprint density at radius 2 is 1.29 bits per heavy atom. The number of nitrogens with one attached hydrogen (secondary N) is 1. The minimum atomic E-state index is -0.469. The van der Waals surface area contributed by atoms with Crippen molar-refractivity contribution in [3.63, 3.8) is 0 Å². The van der Waals surface area contributed by atoms with Crippen LogP contribution in [-0.4, -0.2) is 17.7 Å². The number of imide groups is 1. The van der Waals surface area contributed by atoms with Gasteiger partial charge in [0.25, 0.3) is 5.91 Å². The zero-order valence-corrected chi connectivity index (χ0v) is 21.3. The molecule has 1 saturated heterocycles. The van der Waals surface area contributed by atoms with Gasteiger partial charge in [-0.3, -0.25) is 14.4 Å². The Hall–Kier alpha value is -4.22. The summed E-state index contributed by atoms with van der Waals surface area (Å²) in [6.07, 6.45) is 0. The van der Waals surface area contributed by atoms with E-state index < -0.39 is 11.8 Å². The van der Waals surface area contributed by atoms with Crippen molar-refractivity contribution in [1.29, 1.82) is 0 Å². The SMILES string of the molecule is Cc1ccc(Cl)cc1NC(=O)c1cccc(N2C(=O)[C@@H]3C4c5ccccc5C(c5ccccc54)[C@H]3C2=O)c1. The predicted octanol–water partition coefficient (Wildman–Crippen LogP) is 6.30. The molecule has 3 aliphatic carbocycles. The molecule has 0 spiro atoms. The van der Waals surface area contributed by atoms with Crippen LogP contribution >= 0.6 is 11.6 Å². The minimum Gasteiger partial charge on any atom is -0.322 e. The summed E-state index contributed by atoms with van der Waals surface area (Å²) in [7, 11) is 0. The Morgan fingerprint density at radius 1 is 0.737 bits per heavy atom. The zero-order chi connectivity index (χ0) is 26.1. The molecule has 2 atom stereocenters. The minimum absolute atomic E-state index is 0.170. The van der Waals surface area contributed by atoms with Gasteiger partial charge in [0.15, 0.2) is 0 Å². The van der Waals surface area contributed by atoms with Crippen molar-refractivity contribution < 1.29 is 14.4 Å². The Labute approximate surface area is 225 Å². The number of anilines is 2. The summed E-state index contributed by atoms with van der Waals surface area (Å²) in [5.41, 5.74) is 6.78. The van der Waals surface area contributed by atoms with Crippen LogP contribution in [0.2, 0.25) is 5.02 Å². The van der Waals surface area contributed by atoms with E-state index >= 15 is 0 Å². The molecule has 8 rings (SSSR count). The summed E-state index contributed by atoms with van der Waals surface area (Å²) in [5.74, 6) is -2.03. The highest BCUT2D eigenvalue weighted by Gasteiger charge is 2.61. The van der Waals surface area contributed by atoms with Gasteiger partial charge in [0, 0.05) is 28.1 Å². The molecular weight excluding hydrogens is 496 g/mol. The lowest BCUT2D eigenvalue weighted by atomic mass is 9.55. The molecule has 6 heteroatoms. The van der Waals surface area contributed by atoms with Gasteiger partial charge in [-0.1, -0.05) is 72.3 Å². The van der Waals surface area contributed by atoms with Gasteiger partial charge in [-0.25, -0.2) is 4.90 Å². The van der Waals surface area contributed by atoms with Crippen molar-refractivity contribution in [3.05, 3.63) is 129 Å². The van der Waals surface area contributed by atoms with E-state index in [-0.39, 0.29) is 29.6 Å². The van der Waals surface area contributed by atoms with E-state index in [9.17, 15) is 14.4 Å². The topological polar surface area (TPSA) is 66.5 Å². The van der Waals surface area contributed by atoms with Crippen LogP contribution in [0.3, 0.4) is 0 Å². The lowest BCUT2D eigenvalue weighted by Crippen LogP contribution is -2.41. The third kappa shape index (κ3) is 3.21. The van der Waals surface area contributed by atoms with Gasteiger partial charge in [0.2, 0.25) is 11.8 Å². The molecule has 0 radical (unpaired) electrons. The molecule has 3 amide bonds. The average Bonchev–Trinajstić information content (AvgIpc) is 3.21. The fourth-order valence-electron chi connectivity index (χ4n) is 6.64. The second-order valence-corrected chi connectivity index (χ2v) is 10.7. The summed E-state index contributed by atoms with van der Waals surface area (Å²) >= 11 is 6.11. The highest BCUT2D eigenvalue weighted by molar-refractivity contribution is 6.31. The molecule has 1 aliphatic heterocycles. The monoisotopic (exact) mass is 518 g/mol. The van der Waals surface area contributed by atoms with Crippen molar-refractivity contribution >= 4 is 40.7 Å². The first kappa shape index (κ1) is 22.9. The van der Waals surface area contributed by atoms with Crippen molar-refractivity contribution in [2.24, 2.45) is 11.8 Å². The van der Waals surface area contributed by atoms with Gasteiger partial charge in [0.1, 0.15) is 0 Å². The normalized spacial score (nSPS) is 22.6. The molecule has 0 unspecified atom stereocenters. The van der Waals surface area contributed by atoms with E-state index in [1.54, 1.807) is 36.4 Å². The van der Waals surface area contributed by atoms with Crippen LogP contribution in [0.1, 0.15) is 50.0 Å². The Bertz CT molecular complexity index is 1560. The van der Waals surface area contributed by atoms with Crippen molar-refractivity contribution in [2.75, 3.05) is 10.2 Å². The highest BCUT2D eigenvalue weighted by Crippen LogP contribution is 2.61. The summed E-state index contributed by atoms with van der Waals surface area (Å²) in [6, 6.07) is 28.4. The molecule has 38 heavy (non-hydrogen) atoms. The number of carbonyl (C=O) groups is 3. The first-order valence-electron chi connectivity index (χ1n) is 12.7. The summed E-state index contributed by atoms with van der Waals surface area (Å²) in [6.45, 7) is 1.88. The Kier molecular flexibility index (Phi) is 5.07. The van der Waals surface area contributed by atoms with Gasteiger partial charge < -0.3 is 5.32 Å². The number of rotatable bonds is 3. The molecule has 4 aromatic rings. The van der Waals surface area contributed by atoms with Crippen LogP contribution in [0.4, 0.5) is 11.4 Å². The maximum atomic E-state index is 14.0. The van der Waals surface area contributed by atoms with E-state index in [0.717, 1.165) is 27.8 Å². The van der Waals surface area contributed by atoms with Crippen molar-refractivity contribution in [1.82, 2.24) is 0 Å². The second-order valence-electron chi connectivity index (χ2n) is 10.2. The van der Waals surface area contributed by atoms with Gasteiger partial charge in [-0.15, -0.1) is 0 Å². The third-order valence-corrected chi connectivity index (χ3v) is 8.50. The second kappa shape index (κ2) is 8.40. The molecule has 5 nitrogen and oxygen atoms in total. The lowest BCUT2D eigenvalue weighted by Gasteiger charge is -2.45. The van der Waals surface area contributed by atoms with Gasteiger partial charge >= 0.3 is 0 Å². The first-order chi connectivity index (χ1) is 18.4. The maximum absolute atomic E-state index is 14.0. The fourth-order valence-corrected chi connectivity index (χ4v) is 6.81. The maximum Gasteiger partial charge on any atom is 0.255 e. The molecule has 1 N–H and O–H groups in total. The molecule has 4 aliphatic rings. The molecular formula is C32H23ClN2O3. The Morgan fingerprint density at radius 3 is 1.84 bits per heavy atom. The molecule has 0 saturated carbocycles.